The van der Waals surface area contributed by atoms with Gasteiger partial charge in [0.15, 0.2) is 11.5 Å². The first kappa shape index (κ1) is 14.7. The number of ether oxygens (including phenoxy) is 2. The zero-order chi connectivity index (χ0) is 15.9. The molecule has 1 atom stereocenters. The van der Waals surface area contributed by atoms with E-state index in [0.717, 1.165) is 10.6 Å². The van der Waals surface area contributed by atoms with Crippen molar-refractivity contribution in [3.63, 3.8) is 0 Å². The van der Waals surface area contributed by atoms with Crippen molar-refractivity contribution >= 4 is 22.9 Å². The molecule has 0 spiro atoms. The van der Waals surface area contributed by atoms with Gasteiger partial charge in [-0.05, 0) is 30.0 Å². The predicted molar refractivity (Wildman–Crippen MR) is 87.1 cm³/mol. The third-order valence-corrected chi connectivity index (χ3v) is 4.98. The fraction of sp³-hybridized carbons (Fsp3) is 0.312. The lowest BCUT2D eigenvalue weighted by atomic mass is 10.1. The Labute approximate surface area is 133 Å². The van der Waals surface area contributed by atoms with Crippen molar-refractivity contribution in [2.75, 3.05) is 26.6 Å². The van der Waals surface area contributed by atoms with Gasteiger partial charge in [-0.1, -0.05) is 0 Å². The molecule has 3 rings (SSSR count). The van der Waals surface area contributed by atoms with Gasteiger partial charge in [0.05, 0.1) is 30.3 Å². The van der Waals surface area contributed by atoms with Crippen molar-refractivity contribution < 1.29 is 14.3 Å². The van der Waals surface area contributed by atoms with Crippen LogP contribution in [0.15, 0.2) is 23.6 Å². The summed E-state index contributed by atoms with van der Waals surface area (Å²) in [5.74, 6) is 1.12. The second-order valence-corrected chi connectivity index (χ2v) is 6.13. The van der Waals surface area contributed by atoms with E-state index in [2.05, 4.69) is 18.3 Å². The molecule has 1 aromatic heterocycles. The Kier molecular flexibility index (Phi) is 3.70. The third kappa shape index (κ3) is 2.20. The van der Waals surface area contributed by atoms with Crippen molar-refractivity contribution in [3.05, 3.63) is 39.6 Å². The maximum Gasteiger partial charge on any atom is 0.257 e. The minimum atomic E-state index is -0.168. The van der Waals surface area contributed by atoms with Gasteiger partial charge in [0.25, 0.3) is 5.91 Å². The molecule has 0 bridgehead atoms. The van der Waals surface area contributed by atoms with Crippen molar-refractivity contribution in [2.24, 2.45) is 0 Å². The molecule has 6 heteroatoms. The molecule has 0 saturated heterocycles. The van der Waals surface area contributed by atoms with Gasteiger partial charge in [-0.25, -0.2) is 0 Å². The monoisotopic (exact) mass is 318 g/mol. The van der Waals surface area contributed by atoms with Crippen LogP contribution in [-0.2, 0) is 0 Å². The number of nitrogens with one attached hydrogen (secondary N) is 1. The molecule has 0 unspecified atom stereocenters. The highest BCUT2D eigenvalue weighted by Gasteiger charge is 2.33. The Balaban J connectivity index is 2.08. The molecule has 2 aromatic rings. The van der Waals surface area contributed by atoms with E-state index in [1.165, 1.54) is 5.56 Å². The van der Waals surface area contributed by atoms with Crippen LogP contribution in [0.25, 0.3) is 0 Å². The summed E-state index contributed by atoms with van der Waals surface area (Å²) in [5, 5.41) is 5.46. The molecular weight excluding hydrogens is 300 g/mol. The molecule has 2 heterocycles. The van der Waals surface area contributed by atoms with E-state index in [0.29, 0.717) is 17.1 Å². The molecule has 0 radical (unpaired) electrons. The number of hydrogen-bond donors (Lipinski definition) is 1. The number of thiophene rings is 1. The van der Waals surface area contributed by atoms with E-state index < -0.39 is 0 Å². The Morgan fingerprint density at radius 3 is 2.50 bits per heavy atom. The highest BCUT2D eigenvalue weighted by Crippen LogP contribution is 2.40. The highest BCUT2D eigenvalue weighted by molar-refractivity contribution is 7.10. The maximum absolute atomic E-state index is 12.7. The van der Waals surface area contributed by atoms with Gasteiger partial charge in [-0.15, -0.1) is 11.3 Å². The summed E-state index contributed by atoms with van der Waals surface area (Å²) in [4.78, 5) is 15.5. The lowest BCUT2D eigenvalue weighted by molar-refractivity contribution is 0.0737. The Bertz CT molecular complexity index is 726. The van der Waals surface area contributed by atoms with E-state index in [1.807, 2.05) is 11.4 Å². The van der Waals surface area contributed by atoms with Gasteiger partial charge in [0.1, 0.15) is 6.17 Å². The number of aryl methyl sites for hydroxylation is 1. The zero-order valence-corrected chi connectivity index (χ0v) is 13.8. The number of carbonyl (C=O) groups is 1. The lowest BCUT2D eigenvalue weighted by Crippen LogP contribution is -2.40. The fourth-order valence-electron chi connectivity index (χ4n) is 2.63. The van der Waals surface area contributed by atoms with Crippen LogP contribution < -0.4 is 14.8 Å². The Morgan fingerprint density at radius 2 is 1.91 bits per heavy atom. The molecule has 1 N–H and O–H groups in total. The molecule has 5 nitrogen and oxygen atoms in total. The van der Waals surface area contributed by atoms with Gasteiger partial charge in [0, 0.05) is 13.1 Å². The molecule has 0 aliphatic carbocycles. The molecule has 116 valence electrons. The summed E-state index contributed by atoms with van der Waals surface area (Å²) in [7, 11) is 4.95. The fourth-order valence-corrected chi connectivity index (χ4v) is 3.65. The first-order chi connectivity index (χ1) is 10.6. The molecule has 1 aliphatic rings. The highest BCUT2D eigenvalue weighted by atomic mass is 32.1. The summed E-state index contributed by atoms with van der Waals surface area (Å²) < 4.78 is 10.6. The van der Waals surface area contributed by atoms with Gasteiger partial charge >= 0.3 is 0 Å². The maximum atomic E-state index is 12.7. The van der Waals surface area contributed by atoms with Crippen LogP contribution in [0.4, 0.5) is 5.69 Å². The standard InChI is InChI=1S/C16H18N2O3S/c1-9-5-6-22-14(9)15-17-11-8-13(21-4)12(20-3)7-10(11)16(19)18(15)2/h5-8,15,17H,1-4H3/t15-/m0/s1. The minimum absolute atomic E-state index is 0.0347. The summed E-state index contributed by atoms with van der Waals surface area (Å²) in [6.07, 6.45) is -0.168. The van der Waals surface area contributed by atoms with E-state index in [1.54, 1.807) is 43.6 Å². The average Bonchev–Trinajstić information content (AvgIpc) is 2.95. The topological polar surface area (TPSA) is 50.8 Å². The summed E-state index contributed by atoms with van der Waals surface area (Å²) >= 11 is 1.64. The van der Waals surface area contributed by atoms with Crippen molar-refractivity contribution in [1.82, 2.24) is 4.90 Å². The lowest BCUT2D eigenvalue weighted by Gasteiger charge is -2.35. The van der Waals surface area contributed by atoms with Gasteiger partial charge in [0.2, 0.25) is 0 Å². The van der Waals surface area contributed by atoms with Crippen LogP contribution in [-0.4, -0.2) is 32.1 Å². The molecule has 1 aliphatic heterocycles. The normalized spacial score (nSPS) is 17.0. The van der Waals surface area contributed by atoms with Crippen LogP contribution >= 0.6 is 11.3 Å². The minimum Gasteiger partial charge on any atom is -0.493 e. The first-order valence-electron chi connectivity index (χ1n) is 6.90. The quantitative estimate of drug-likeness (QED) is 0.943. The van der Waals surface area contributed by atoms with Crippen LogP contribution in [0, 0.1) is 6.92 Å². The van der Waals surface area contributed by atoms with Crippen LogP contribution in [0.1, 0.15) is 27.0 Å². The largest absolute Gasteiger partial charge is 0.493 e. The number of rotatable bonds is 3. The van der Waals surface area contributed by atoms with Crippen molar-refractivity contribution in [3.8, 4) is 11.5 Å². The third-order valence-electron chi connectivity index (χ3n) is 3.90. The van der Waals surface area contributed by atoms with Crippen LogP contribution in [0.2, 0.25) is 0 Å². The number of methoxy groups -OCH3 is 2. The number of nitrogens with zero attached hydrogens (tertiary/aromatic N) is 1. The Morgan fingerprint density at radius 1 is 1.23 bits per heavy atom. The van der Waals surface area contributed by atoms with Crippen LogP contribution in [0.3, 0.4) is 0 Å². The van der Waals surface area contributed by atoms with E-state index >= 15 is 0 Å². The number of hydrogen-bond acceptors (Lipinski definition) is 5. The molecule has 1 amide bonds. The Hall–Kier alpha value is -2.21. The predicted octanol–water partition coefficient (Wildman–Crippen LogP) is 3.27. The SMILES string of the molecule is COc1cc2c(cc1OC)C(=O)N(C)[C@@H](c1sccc1C)N2. The summed E-state index contributed by atoms with van der Waals surface area (Å²) in [5.41, 5.74) is 2.52. The number of carbonyl (C=O) groups excluding carboxylic acids is 1. The molecule has 0 saturated carbocycles. The van der Waals surface area contributed by atoms with E-state index in [4.69, 9.17) is 9.47 Å². The first-order valence-corrected chi connectivity index (χ1v) is 7.78. The molecule has 0 fully saturated rings. The second kappa shape index (κ2) is 5.53. The average molecular weight is 318 g/mol. The van der Waals surface area contributed by atoms with Crippen molar-refractivity contribution in [2.45, 2.75) is 13.1 Å². The smallest absolute Gasteiger partial charge is 0.257 e. The molecular formula is C16H18N2O3S. The summed E-state index contributed by atoms with van der Waals surface area (Å²) in [6.45, 7) is 2.05. The summed E-state index contributed by atoms with van der Waals surface area (Å²) in [6, 6.07) is 5.59. The number of benzene rings is 1. The van der Waals surface area contributed by atoms with Crippen LogP contribution in [0.5, 0.6) is 11.5 Å². The second-order valence-electron chi connectivity index (χ2n) is 5.18. The zero-order valence-electron chi connectivity index (χ0n) is 13.0. The van der Waals surface area contributed by atoms with E-state index in [9.17, 15) is 4.79 Å². The number of amides is 1. The van der Waals surface area contributed by atoms with Gasteiger partial charge < -0.3 is 19.7 Å². The van der Waals surface area contributed by atoms with Gasteiger partial charge in [-0.2, -0.15) is 0 Å². The number of fused-ring (bicyclic) bond motifs is 1. The van der Waals surface area contributed by atoms with E-state index in [-0.39, 0.29) is 12.1 Å². The van der Waals surface area contributed by atoms with Gasteiger partial charge in [-0.3, -0.25) is 4.79 Å². The van der Waals surface area contributed by atoms with Crippen molar-refractivity contribution in [1.29, 1.82) is 0 Å². The molecule has 22 heavy (non-hydrogen) atoms. The molecule has 1 aromatic carbocycles. The number of anilines is 1.